The zero-order valence-corrected chi connectivity index (χ0v) is 10.7. The summed E-state index contributed by atoms with van der Waals surface area (Å²) in [5.74, 6) is 0.376. The smallest absolute Gasteiger partial charge is 0.271 e. The number of anilines is 1. The molecule has 1 heterocycles. The number of alkyl halides is 1. The number of nitro groups is 1. The Morgan fingerprint density at radius 3 is 2.95 bits per heavy atom. The predicted molar refractivity (Wildman–Crippen MR) is 70.8 cm³/mol. The first-order chi connectivity index (χ1) is 9.02. The number of benzene rings is 1. The van der Waals surface area contributed by atoms with E-state index < -0.39 is 4.92 Å². The highest BCUT2D eigenvalue weighted by Gasteiger charge is 2.27. The maximum atomic E-state index is 11.8. The fraction of sp³-hybridized carbons (Fsp3) is 0.250. The minimum atomic E-state index is -0.520. The van der Waals surface area contributed by atoms with Crippen LogP contribution in [0.5, 0.6) is 5.75 Å². The molecule has 6 nitrogen and oxygen atoms in total. The van der Waals surface area contributed by atoms with Gasteiger partial charge in [0.05, 0.1) is 10.6 Å². The third kappa shape index (κ3) is 2.68. The highest BCUT2D eigenvalue weighted by Crippen LogP contribution is 2.35. The molecule has 0 aromatic heterocycles. The average Bonchev–Trinajstić information content (AvgIpc) is 2.41. The summed E-state index contributed by atoms with van der Waals surface area (Å²) in [6.45, 7) is 3.86. The number of halogens is 1. The van der Waals surface area contributed by atoms with E-state index in [1.165, 1.54) is 23.1 Å². The van der Waals surface area contributed by atoms with Crippen molar-refractivity contribution in [1.29, 1.82) is 0 Å². The zero-order chi connectivity index (χ0) is 14.0. The molecule has 1 aromatic carbocycles. The van der Waals surface area contributed by atoms with Gasteiger partial charge in [-0.3, -0.25) is 14.9 Å². The van der Waals surface area contributed by atoms with Crippen molar-refractivity contribution in [2.75, 3.05) is 23.9 Å². The minimum Gasteiger partial charge on any atom is -0.482 e. The van der Waals surface area contributed by atoms with Crippen molar-refractivity contribution in [3.63, 3.8) is 0 Å². The summed E-state index contributed by atoms with van der Waals surface area (Å²) >= 11 is 5.65. The fourth-order valence-corrected chi connectivity index (χ4v) is 1.83. The normalized spacial score (nSPS) is 13.7. The zero-order valence-electron chi connectivity index (χ0n) is 9.97. The first kappa shape index (κ1) is 13.4. The number of rotatable bonds is 4. The molecule has 0 unspecified atom stereocenters. The first-order valence-electron chi connectivity index (χ1n) is 5.47. The van der Waals surface area contributed by atoms with Gasteiger partial charge in [0.2, 0.25) is 0 Å². The van der Waals surface area contributed by atoms with Gasteiger partial charge in [0.1, 0.15) is 5.75 Å². The number of hydrogen-bond acceptors (Lipinski definition) is 4. The fourth-order valence-electron chi connectivity index (χ4n) is 1.74. The van der Waals surface area contributed by atoms with Crippen LogP contribution >= 0.6 is 11.6 Å². The van der Waals surface area contributed by atoms with Gasteiger partial charge in [-0.15, -0.1) is 11.6 Å². The van der Waals surface area contributed by atoms with Crippen LogP contribution in [0, 0.1) is 10.1 Å². The van der Waals surface area contributed by atoms with Crippen LogP contribution in [0.4, 0.5) is 11.4 Å². The van der Waals surface area contributed by atoms with Crippen LogP contribution in [0.3, 0.4) is 0 Å². The van der Waals surface area contributed by atoms with E-state index in [0.29, 0.717) is 17.0 Å². The number of fused-ring (bicyclic) bond motifs is 1. The van der Waals surface area contributed by atoms with Crippen molar-refractivity contribution in [2.24, 2.45) is 0 Å². The van der Waals surface area contributed by atoms with E-state index in [2.05, 4.69) is 6.58 Å². The number of ether oxygens (including phenoxy) is 1. The Bertz CT molecular complexity index is 559. The van der Waals surface area contributed by atoms with Gasteiger partial charge in [-0.05, 0) is 11.6 Å². The summed E-state index contributed by atoms with van der Waals surface area (Å²) in [4.78, 5) is 23.5. The van der Waals surface area contributed by atoms with Crippen LogP contribution in [0.1, 0.15) is 0 Å². The maximum absolute atomic E-state index is 11.8. The predicted octanol–water partition coefficient (Wildman–Crippen LogP) is 2.12. The van der Waals surface area contributed by atoms with Crippen LogP contribution in [-0.4, -0.2) is 29.9 Å². The SMILES string of the molecule is C=C(CCl)CN1C(=O)COc2ccc([N+](=O)[O-])cc21. The Labute approximate surface area is 114 Å². The lowest BCUT2D eigenvalue weighted by molar-refractivity contribution is -0.384. The Balaban J connectivity index is 2.41. The number of nitrogens with zero attached hydrogens (tertiary/aromatic N) is 2. The Morgan fingerprint density at radius 1 is 1.58 bits per heavy atom. The summed E-state index contributed by atoms with van der Waals surface area (Å²) in [5.41, 5.74) is 0.921. The van der Waals surface area contributed by atoms with Gasteiger partial charge in [0.25, 0.3) is 11.6 Å². The van der Waals surface area contributed by atoms with Gasteiger partial charge in [-0.25, -0.2) is 0 Å². The second-order valence-corrected chi connectivity index (χ2v) is 4.33. The van der Waals surface area contributed by atoms with E-state index in [1.54, 1.807) is 0 Å². The van der Waals surface area contributed by atoms with Crippen molar-refractivity contribution < 1.29 is 14.5 Å². The molecule has 1 aromatic rings. The lowest BCUT2D eigenvalue weighted by Crippen LogP contribution is -2.40. The van der Waals surface area contributed by atoms with Gasteiger partial charge in [-0.1, -0.05) is 6.58 Å². The summed E-state index contributed by atoms with van der Waals surface area (Å²) < 4.78 is 5.24. The summed E-state index contributed by atoms with van der Waals surface area (Å²) in [6, 6.07) is 4.13. The van der Waals surface area contributed by atoms with Crippen LogP contribution in [0.15, 0.2) is 30.4 Å². The Hall–Kier alpha value is -2.08. The molecule has 1 aliphatic rings. The lowest BCUT2D eigenvalue weighted by Gasteiger charge is -2.29. The third-order valence-electron chi connectivity index (χ3n) is 2.67. The van der Waals surface area contributed by atoms with E-state index in [-0.39, 0.29) is 30.6 Å². The molecule has 1 amide bonds. The van der Waals surface area contributed by atoms with E-state index in [1.807, 2.05) is 0 Å². The van der Waals surface area contributed by atoms with E-state index in [0.717, 1.165) is 0 Å². The third-order valence-corrected chi connectivity index (χ3v) is 3.05. The van der Waals surface area contributed by atoms with Crippen LogP contribution < -0.4 is 9.64 Å². The molecule has 19 heavy (non-hydrogen) atoms. The molecule has 0 aliphatic carbocycles. The number of hydrogen-bond donors (Lipinski definition) is 0. The van der Waals surface area contributed by atoms with Crippen LogP contribution in [-0.2, 0) is 4.79 Å². The molecular formula is C12H11ClN2O4. The van der Waals surface area contributed by atoms with Crippen molar-refractivity contribution in [2.45, 2.75) is 0 Å². The van der Waals surface area contributed by atoms with Crippen molar-refractivity contribution >= 4 is 28.9 Å². The molecule has 0 saturated heterocycles. The highest BCUT2D eigenvalue weighted by molar-refractivity contribution is 6.19. The standard InChI is InChI=1S/C12H11ClN2O4/c1-8(5-13)6-14-10-4-9(15(17)18)2-3-11(10)19-7-12(14)16/h2-4H,1,5-7H2. The second-order valence-electron chi connectivity index (χ2n) is 4.06. The molecule has 0 saturated carbocycles. The molecule has 0 radical (unpaired) electrons. The van der Waals surface area contributed by atoms with Crippen LogP contribution in [0.25, 0.3) is 0 Å². The van der Waals surface area contributed by atoms with Crippen molar-refractivity contribution in [3.8, 4) is 5.75 Å². The molecule has 1 aliphatic heterocycles. The van der Waals surface area contributed by atoms with E-state index >= 15 is 0 Å². The summed E-state index contributed by atoms with van der Waals surface area (Å²) in [5, 5.41) is 10.8. The number of amides is 1. The molecule has 0 N–H and O–H groups in total. The van der Waals surface area contributed by atoms with Crippen molar-refractivity contribution in [3.05, 3.63) is 40.5 Å². The van der Waals surface area contributed by atoms with Gasteiger partial charge in [0.15, 0.2) is 6.61 Å². The average molecular weight is 283 g/mol. The maximum Gasteiger partial charge on any atom is 0.271 e. The summed E-state index contributed by atoms with van der Waals surface area (Å²) in [7, 11) is 0. The molecule has 0 atom stereocenters. The first-order valence-corrected chi connectivity index (χ1v) is 6.00. The number of nitro benzene ring substituents is 1. The molecular weight excluding hydrogens is 272 g/mol. The quantitative estimate of drug-likeness (QED) is 0.367. The molecule has 0 fully saturated rings. The number of carbonyl (C=O) groups excluding carboxylic acids is 1. The van der Waals surface area contributed by atoms with Gasteiger partial charge in [-0.2, -0.15) is 0 Å². The number of non-ortho nitro benzene ring substituents is 1. The van der Waals surface area contributed by atoms with E-state index in [4.69, 9.17) is 16.3 Å². The topological polar surface area (TPSA) is 72.7 Å². The molecule has 7 heteroatoms. The van der Waals surface area contributed by atoms with Crippen molar-refractivity contribution in [1.82, 2.24) is 0 Å². The molecule has 100 valence electrons. The van der Waals surface area contributed by atoms with Gasteiger partial charge in [0, 0.05) is 24.6 Å². The van der Waals surface area contributed by atoms with Gasteiger partial charge >= 0.3 is 0 Å². The Morgan fingerprint density at radius 2 is 2.32 bits per heavy atom. The molecule has 0 bridgehead atoms. The van der Waals surface area contributed by atoms with E-state index in [9.17, 15) is 14.9 Å². The monoisotopic (exact) mass is 282 g/mol. The van der Waals surface area contributed by atoms with Crippen LogP contribution in [0.2, 0.25) is 0 Å². The number of carbonyl (C=O) groups is 1. The lowest BCUT2D eigenvalue weighted by atomic mass is 10.2. The molecule has 2 rings (SSSR count). The summed E-state index contributed by atoms with van der Waals surface area (Å²) in [6.07, 6.45) is 0. The second kappa shape index (κ2) is 5.27. The highest BCUT2D eigenvalue weighted by atomic mass is 35.5. The Kier molecular flexibility index (Phi) is 3.71. The minimum absolute atomic E-state index is 0.0968. The molecule has 0 spiro atoms. The van der Waals surface area contributed by atoms with Gasteiger partial charge < -0.3 is 9.64 Å². The largest absolute Gasteiger partial charge is 0.482 e.